The molecule has 0 aliphatic heterocycles. The van der Waals surface area contributed by atoms with E-state index in [9.17, 15) is 0 Å². The predicted molar refractivity (Wildman–Crippen MR) is 27.9 cm³/mol. The van der Waals surface area contributed by atoms with Gasteiger partial charge in [-0.15, -0.1) is 6.58 Å². The van der Waals surface area contributed by atoms with Gasteiger partial charge >= 0.3 is 6.16 Å². The molecule has 4 heteroatoms. The molecule has 4 nitrogen and oxygen atoms in total. The molecule has 0 amide bonds. The molecule has 0 aromatic rings. The van der Waals surface area contributed by atoms with E-state index in [1.807, 2.05) is 0 Å². The predicted octanol–water partition coefficient (Wildman–Crippen LogP) is 0.387. The van der Waals surface area contributed by atoms with Crippen LogP contribution in [0.1, 0.15) is 0 Å². The quantitative estimate of drug-likeness (QED) is 0.437. The van der Waals surface area contributed by atoms with Crippen LogP contribution in [-0.4, -0.2) is 28.1 Å². The molecule has 0 aromatic heterocycles. The van der Waals surface area contributed by atoms with Crippen molar-refractivity contribution in [2.24, 2.45) is 0 Å². The van der Waals surface area contributed by atoms with Gasteiger partial charge in [-0.3, -0.25) is 0 Å². The SMILES string of the molecule is C=CCO.O=C(O)O. The van der Waals surface area contributed by atoms with Gasteiger partial charge in [0.05, 0.1) is 6.61 Å². The Hall–Kier alpha value is -1.03. The van der Waals surface area contributed by atoms with E-state index in [1.165, 1.54) is 6.08 Å². The first kappa shape index (κ1) is 10.1. The van der Waals surface area contributed by atoms with Crippen molar-refractivity contribution in [1.29, 1.82) is 0 Å². The molecule has 0 atom stereocenters. The molecule has 0 saturated heterocycles. The van der Waals surface area contributed by atoms with Gasteiger partial charge in [0.2, 0.25) is 0 Å². The lowest BCUT2D eigenvalue weighted by molar-refractivity contribution is 0.137. The lowest BCUT2D eigenvalue weighted by atomic mass is 10.7. The van der Waals surface area contributed by atoms with Crippen LogP contribution in [-0.2, 0) is 0 Å². The van der Waals surface area contributed by atoms with Crippen LogP contribution in [0.5, 0.6) is 0 Å². The Morgan fingerprint density at radius 1 is 1.62 bits per heavy atom. The highest BCUT2D eigenvalue weighted by Gasteiger charge is 1.70. The van der Waals surface area contributed by atoms with Crippen LogP contribution >= 0.6 is 0 Å². The zero-order chi connectivity index (χ0) is 6.99. The molecule has 0 saturated carbocycles. The Kier molecular flexibility index (Phi) is 11.8. The number of carbonyl (C=O) groups is 1. The molecule has 0 aliphatic rings. The minimum atomic E-state index is -1.83. The molecule has 3 N–H and O–H groups in total. The monoisotopic (exact) mass is 120 g/mol. The minimum absolute atomic E-state index is 0.0833. The molecule has 0 aromatic carbocycles. The number of rotatable bonds is 1. The fourth-order valence-electron chi connectivity index (χ4n) is 0. The summed E-state index contributed by atoms with van der Waals surface area (Å²) in [5, 5.41) is 21.7. The topological polar surface area (TPSA) is 77.8 Å². The van der Waals surface area contributed by atoms with E-state index in [-0.39, 0.29) is 6.61 Å². The smallest absolute Gasteiger partial charge is 0.450 e. The molecule has 0 fully saturated rings. The van der Waals surface area contributed by atoms with Crippen molar-refractivity contribution in [3.05, 3.63) is 12.7 Å². The van der Waals surface area contributed by atoms with Crippen molar-refractivity contribution >= 4 is 6.16 Å². The van der Waals surface area contributed by atoms with Gasteiger partial charge in [0.1, 0.15) is 0 Å². The summed E-state index contributed by atoms with van der Waals surface area (Å²) in [7, 11) is 0. The second kappa shape index (κ2) is 9.36. The van der Waals surface area contributed by atoms with Gasteiger partial charge in [0.25, 0.3) is 0 Å². The van der Waals surface area contributed by atoms with Crippen molar-refractivity contribution in [2.75, 3.05) is 6.61 Å². The minimum Gasteiger partial charge on any atom is -0.450 e. The van der Waals surface area contributed by atoms with Crippen molar-refractivity contribution in [3.8, 4) is 0 Å². The van der Waals surface area contributed by atoms with E-state index in [2.05, 4.69) is 6.58 Å². The zero-order valence-electron chi connectivity index (χ0n) is 4.24. The summed E-state index contributed by atoms with van der Waals surface area (Å²) in [6.45, 7) is 3.31. The van der Waals surface area contributed by atoms with Crippen LogP contribution in [0.4, 0.5) is 4.79 Å². The molecule has 0 heterocycles. The first-order chi connectivity index (χ1) is 3.65. The van der Waals surface area contributed by atoms with Gasteiger partial charge in [-0.05, 0) is 0 Å². The number of hydrogen-bond acceptors (Lipinski definition) is 2. The van der Waals surface area contributed by atoms with Gasteiger partial charge in [-0.1, -0.05) is 6.08 Å². The normalized spacial score (nSPS) is 6.12. The van der Waals surface area contributed by atoms with Gasteiger partial charge < -0.3 is 15.3 Å². The summed E-state index contributed by atoms with van der Waals surface area (Å²) in [5.74, 6) is 0. The molecule has 0 unspecified atom stereocenters. The van der Waals surface area contributed by atoms with Crippen LogP contribution in [0.25, 0.3) is 0 Å². The average molecular weight is 120 g/mol. The van der Waals surface area contributed by atoms with Crippen molar-refractivity contribution in [2.45, 2.75) is 0 Å². The average Bonchev–Trinajstić information content (AvgIpc) is 1.65. The maximum Gasteiger partial charge on any atom is 0.503 e. The molecule has 0 aliphatic carbocycles. The Balaban J connectivity index is 0. The van der Waals surface area contributed by atoms with Gasteiger partial charge in [-0.2, -0.15) is 0 Å². The zero-order valence-corrected chi connectivity index (χ0v) is 4.24. The van der Waals surface area contributed by atoms with E-state index < -0.39 is 6.16 Å². The standard InChI is InChI=1S/C3H6O.CH2O3/c1-2-3-4;2-1(3)4/h2,4H,1,3H2;(H2,2,3,4). The summed E-state index contributed by atoms with van der Waals surface area (Å²) in [6, 6.07) is 0. The summed E-state index contributed by atoms with van der Waals surface area (Å²) < 4.78 is 0. The third-order valence-corrected chi connectivity index (χ3v) is 0.129. The fraction of sp³-hybridized carbons (Fsp3) is 0.250. The van der Waals surface area contributed by atoms with E-state index in [4.69, 9.17) is 20.1 Å². The van der Waals surface area contributed by atoms with Gasteiger partial charge in [-0.25, -0.2) is 4.79 Å². The van der Waals surface area contributed by atoms with Crippen LogP contribution in [0.2, 0.25) is 0 Å². The lowest BCUT2D eigenvalue weighted by Crippen LogP contribution is -1.81. The first-order valence-corrected chi connectivity index (χ1v) is 1.78. The number of carboxylic acid groups (broad SMARTS) is 2. The Morgan fingerprint density at radius 3 is 1.75 bits per heavy atom. The molecule has 0 spiro atoms. The molecule has 8 heavy (non-hydrogen) atoms. The van der Waals surface area contributed by atoms with E-state index in [0.717, 1.165) is 0 Å². The summed E-state index contributed by atoms with van der Waals surface area (Å²) in [4.78, 5) is 8.56. The number of hydrogen-bond donors (Lipinski definition) is 3. The highest BCUT2D eigenvalue weighted by molar-refractivity contribution is 5.53. The first-order valence-electron chi connectivity index (χ1n) is 1.78. The molecule has 0 rings (SSSR count). The largest absolute Gasteiger partial charge is 0.503 e. The highest BCUT2D eigenvalue weighted by atomic mass is 16.6. The fourth-order valence-corrected chi connectivity index (χ4v) is 0. The van der Waals surface area contributed by atoms with Gasteiger partial charge in [0, 0.05) is 0 Å². The van der Waals surface area contributed by atoms with Crippen molar-refractivity contribution in [3.63, 3.8) is 0 Å². The maximum atomic E-state index is 8.56. The van der Waals surface area contributed by atoms with E-state index in [1.54, 1.807) is 0 Å². The molecule has 0 bridgehead atoms. The number of aliphatic hydroxyl groups excluding tert-OH is 1. The molecule has 0 radical (unpaired) electrons. The Morgan fingerprint density at radius 2 is 1.75 bits per heavy atom. The Labute approximate surface area is 46.7 Å². The molecular formula is C4H8O4. The van der Waals surface area contributed by atoms with Gasteiger partial charge in [0.15, 0.2) is 0 Å². The number of aliphatic hydroxyl groups is 1. The van der Waals surface area contributed by atoms with E-state index >= 15 is 0 Å². The van der Waals surface area contributed by atoms with Crippen LogP contribution in [0, 0.1) is 0 Å². The highest BCUT2D eigenvalue weighted by Crippen LogP contribution is 1.46. The molecular weight excluding hydrogens is 112 g/mol. The maximum absolute atomic E-state index is 8.56. The van der Waals surface area contributed by atoms with Crippen LogP contribution < -0.4 is 0 Å². The lowest BCUT2D eigenvalue weighted by Gasteiger charge is -1.60. The summed E-state index contributed by atoms with van der Waals surface area (Å²) >= 11 is 0. The third-order valence-electron chi connectivity index (χ3n) is 0.129. The summed E-state index contributed by atoms with van der Waals surface area (Å²) in [5.41, 5.74) is 0. The summed E-state index contributed by atoms with van der Waals surface area (Å²) in [6.07, 6.45) is -0.403. The second-order valence-electron chi connectivity index (χ2n) is 0.754. The van der Waals surface area contributed by atoms with Crippen molar-refractivity contribution < 1.29 is 20.1 Å². The Bertz CT molecular complexity index is 64.4. The van der Waals surface area contributed by atoms with Crippen LogP contribution in [0.3, 0.4) is 0 Å². The second-order valence-corrected chi connectivity index (χ2v) is 0.754. The molecule has 48 valence electrons. The van der Waals surface area contributed by atoms with E-state index in [0.29, 0.717) is 0 Å². The van der Waals surface area contributed by atoms with Crippen molar-refractivity contribution in [1.82, 2.24) is 0 Å². The third kappa shape index (κ3) is 87000. The van der Waals surface area contributed by atoms with Crippen LogP contribution in [0.15, 0.2) is 12.7 Å².